The van der Waals surface area contributed by atoms with E-state index in [-0.39, 0.29) is 42.3 Å². The number of carbonyl (C=O) groups is 2. The quantitative estimate of drug-likeness (QED) is 0.710. The van der Waals surface area contributed by atoms with Gasteiger partial charge in [-0.3, -0.25) is 9.59 Å². The van der Waals surface area contributed by atoms with Crippen LogP contribution in [0.3, 0.4) is 0 Å². The third-order valence-corrected chi connectivity index (χ3v) is 3.86. The summed E-state index contributed by atoms with van der Waals surface area (Å²) >= 11 is 0. The minimum absolute atomic E-state index is 0.0497. The molecule has 0 aromatic rings. The first-order valence-corrected chi connectivity index (χ1v) is 6.94. The molecule has 0 aromatic carbocycles. The maximum atomic E-state index is 12.4. The number of nitrogens with zero attached hydrogens (tertiary/aromatic N) is 1. The summed E-state index contributed by atoms with van der Waals surface area (Å²) in [7, 11) is 1.73. The third-order valence-electron chi connectivity index (χ3n) is 3.86. The van der Waals surface area contributed by atoms with Gasteiger partial charge in [-0.15, -0.1) is 0 Å². The van der Waals surface area contributed by atoms with Gasteiger partial charge in [-0.05, 0) is 26.7 Å². The highest BCUT2D eigenvalue weighted by atomic mass is 16.5. The largest absolute Gasteiger partial charge is 0.466 e. The van der Waals surface area contributed by atoms with Crippen LogP contribution >= 0.6 is 0 Å². The number of hydrogen-bond donors (Lipinski definition) is 0. The maximum Gasteiger partial charge on any atom is 0.307 e. The summed E-state index contributed by atoms with van der Waals surface area (Å²) in [6.45, 7) is 8.50. The lowest BCUT2D eigenvalue weighted by Crippen LogP contribution is -2.39. The first-order valence-electron chi connectivity index (χ1n) is 6.94. The number of esters is 1. The van der Waals surface area contributed by atoms with Crippen molar-refractivity contribution in [3.05, 3.63) is 0 Å². The molecule has 0 bridgehead atoms. The summed E-state index contributed by atoms with van der Waals surface area (Å²) < 4.78 is 10.5. The van der Waals surface area contributed by atoms with Gasteiger partial charge >= 0.3 is 5.97 Å². The Bertz CT molecular complexity index is 331. The van der Waals surface area contributed by atoms with Crippen molar-refractivity contribution >= 4 is 11.9 Å². The molecule has 4 unspecified atom stereocenters. The molecular formula is C14H25NO4. The molecule has 0 N–H and O–H groups in total. The average molecular weight is 271 g/mol. The van der Waals surface area contributed by atoms with E-state index in [4.69, 9.17) is 9.47 Å². The molecule has 0 aliphatic carbocycles. The Labute approximate surface area is 115 Å². The molecule has 1 aliphatic rings. The topological polar surface area (TPSA) is 55.8 Å². The molecule has 1 saturated heterocycles. The van der Waals surface area contributed by atoms with Crippen LogP contribution in [0.1, 0.15) is 34.1 Å². The minimum Gasteiger partial charge on any atom is -0.466 e. The van der Waals surface area contributed by atoms with E-state index in [1.54, 1.807) is 18.9 Å². The Hall–Kier alpha value is -1.10. The van der Waals surface area contributed by atoms with Crippen LogP contribution in [0.15, 0.2) is 0 Å². The molecule has 0 spiro atoms. The Kier molecular flexibility index (Phi) is 5.79. The number of hydrogen-bond acceptors (Lipinski definition) is 4. The van der Waals surface area contributed by atoms with Crippen LogP contribution in [0, 0.1) is 11.8 Å². The SMILES string of the molecule is CCOC(=O)CCN(C)C(=O)C1C(C)OC(C)C1C. The molecule has 1 amide bonds. The Morgan fingerprint density at radius 2 is 1.84 bits per heavy atom. The van der Waals surface area contributed by atoms with Gasteiger partial charge in [0.1, 0.15) is 0 Å². The van der Waals surface area contributed by atoms with Gasteiger partial charge in [-0.1, -0.05) is 6.92 Å². The summed E-state index contributed by atoms with van der Waals surface area (Å²) in [6, 6.07) is 0. The lowest BCUT2D eigenvalue weighted by molar-refractivity contribution is -0.144. The molecule has 4 atom stereocenters. The van der Waals surface area contributed by atoms with Crippen LogP contribution in [0.2, 0.25) is 0 Å². The molecule has 0 aromatic heterocycles. The average Bonchev–Trinajstić information content (AvgIpc) is 2.60. The zero-order valence-corrected chi connectivity index (χ0v) is 12.5. The summed E-state index contributed by atoms with van der Waals surface area (Å²) in [5.74, 6) is -0.136. The highest BCUT2D eigenvalue weighted by Crippen LogP contribution is 2.33. The van der Waals surface area contributed by atoms with Crippen LogP contribution in [-0.4, -0.2) is 49.2 Å². The highest BCUT2D eigenvalue weighted by Gasteiger charge is 2.42. The van der Waals surface area contributed by atoms with E-state index in [9.17, 15) is 9.59 Å². The number of rotatable bonds is 5. The van der Waals surface area contributed by atoms with E-state index in [1.807, 2.05) is 20.8 Å². The molecule has 110 valence electrons. The van der Waals surface area contributed by atoms with Gasteiger partial charge in [0.25, 0.3) is 0 Å². The Balaban J connectivity index is 2.50. The van der Waals surface area contributed by atoms with E-state index < -0.39 is 0 Å². The van der Waals surface area contributed by atoms with Gasteiger partial charge < -0.3 is 14.4 Å². The lowest BCUT2D eigenvalue weighted by Gasteiger charge is -2.24. The zero-order valence-electron chi connectivity index (χ0n) is 12.5. The molecule has 1 aliphatic heterocycles. The molecule has 5 nitrogen and oxygen atoms in total. The standard InChI is InChI=1S/C14H25NO4/c1-6-18-12(16)7-8-15(5)14(17)13-9(2)10(3)19-11(13)4/h9-11,13H,6-8H2,1-5H3. The van der Waals surface area contributed by atoms with Crippen molar-refractivity contribution in [2.45, 2.75) is 46.3 Å². The minimum atomic E-state index is -0.265. The fraction of sp³-hybridized carbons (Fsp3) is 0.857. The normalized spacial score (nSPS) is 30.2. The first kappa shape index (κ1) is 16.0. The van der Waals surface area contributed by atoms with Gasteiger partial charge in [-0.2, -0.15) is 0 Å². The van der Waals surface area contributed by atoms with Crippen molar-refractivity contribution in [1.82, 2.24) is 4.90 Å². The highest BCUT2D eigenvalue weighted by molar-refractivity contribution is 5.80. The second-order valence-electron chi connectivity index (χ2n) is 5.25. The van der Waals surface area contributed by atoms with Crippen molar-refractivity contribution in [1.29, 1.82) is 0 Å². The van der Waals surface area contributed by atoms with E-state index in [2.05, 4.69) is 0 Å². The van der Waals surface area contributed by atoms with Crippen molar-refractivity contribution in [3.63, 3.8) is 0 Å². The summed E-state index contributed by atoms with van der Waals surface area (Å²) in [5.41, 5.74) is 0. The molecule has 19 heavy (non-hydrogen) atoms. The first-order chi connectivity index (χ1) is 8.88. The number of carbonyl (C=O) groups excluding carboxylic acids is 2. The van der Waals surface area contributed by atoms with Gasteiger partial charge in [0.2, 0.25) is 5.91 Å². The maximum absolute atomic E-state index is 12.4. The van der Waals surface area contributed by atoms with Crippen molar-refractivity contribution < 1.29 is 19.1 Å². The van der Waals surface area contributed by atoms with Crippen molar-refractivity contribution in [2.75, 3.05) is 20.2 Å². The van der Waals surface area contributed by atoms with Crippen LogP contribution in [0.4, 0.5) is 0 Å². The number of amides is 1. The van der Waals surface area contributed by atoms with Crippen LogP contribution in [0.25, 0.3) is 0 Å². The van der Waals surface area contributed by atoms with E-state index in [0.717, 1.165) is 0 Å². The van der Waals surface area contributed by atoms with Crippen LogP contribution < -0.4 is 0 Å². The molecule has 0 saturated carbocycles. The fourth-order valence-corrected chi connectivity index (χ4v) is 2.55. The van der Waals surface area contributed by atoms with E-state index in [0.29, 0.717) is 13.2 Å². The Morgan fingerprint density at radius 3 is 2.32 bits per heavy atom. The monoisotopic (exact) mass is 271 g/mol. The molecule has 0 radical (unpaired) electrons. The second kappa shape index (κ2) is 6.89. The predicted molar refractivity (Wildman–Crippen MR) is 71.6 cm³/mol. The fourth-order valence-electron chi connectivity index (χ4n) is 2.55. The van der Waals surface area contributed by atoms with Gasteiger partial charge in [0, 0.05) is 13.6 Å². The van der Waals surface area contributed by atoms with E-state index in [1.165, 1.54) is 0 Å². The van der Waals surface area contributed by atoms with Gasteiger partial charge in [0.15, 0.2) is 0 Å². The zero-order chi connectivity index (χ0) is 14.6. The summed E-state index contributed by atoms with van der Waals surface area (Å²) in [6.07, 6.45) is 0.270. The summed E-state index contributed by atoms with van der Waals surface area (Å²) in [5, 5.41) is 0. The molecule has 1 heterocycles. The second-order valence-corrected chi connectivity index (χ2v) is 5.25. The number of ether oxygens (including phenoxy) is 2. The molecule has 1 rings (SSSR count). The van der Waals surface area contributed by atoms with Crippen LogP contribution in [-0.2, 0) is 19.1 Å². The Morgan fingerprint density at radius 1 is 1.21 bits per heavy atom. The smallest absolute Gasteiger partial charge is 0.307 e. The van der Waals surface area contributed by atoms with Crippen molar-refractivity contribution in [2.24, 2.45) is 11.8 Å². The molecule has 1 fully saturated rings. The van der Waals surface area contributed by atoms with Crippen LogP contribution in [0.5, 0.6) is 0 Å². The third kappa shape index (κ3) is 3.93. The van der Waals surface area contributed by atoms with Crippen molar-refractivity contribution in [3.8, 4) is 0 Å². The summed E-state index contributed by atoms with van der Waals surface area (Å²) in [4.78, 5) is 25.3. The van der Waals surface area contributed by atoms with E-state index >= 15 is 0 Å². The van der Waals surface area contributed by atoms with Gasteiger partial charge in [-0.25, -0.2) is 0 Å². The predicted octanol–water partition coefficient (Wildman–Crippen LogP) is 1.46. The molecule has 5 heteroatoms. The lowest BCUT2D eigenvalue weighted by atomic mass is 9.88. The van der Waals surface area contributed by atoms with Gasteiger partial charge in [0.05, 0.1) is 31.2 Å². The molecular weight excluding hydrogens is 246 g/mol.